The van der Waals surface area contributed by atoms with Gasteiger partial charge >= 0.3 is 0 Å². The third-order valence-corrected chi connectivity index (χ3v) is 2.35. The van der Waals surface area contributed by atoms with Crippen LogP contribution in [-0.4, -0.2) is 14.5 Å². The van der Waals surface area contributed by atoms with Crippen molar-refractivity contribution in [3.8, 4) is 0 Å². The van der Waals surface area contributed by atoms with Crippen LogP contribution in [0, 0.1) is 5.92 Å². The second-order valence-electron chi connectivity index (χ2n) is 3.95. The zero-order valence-corrected chi connectivity index (χ0v) is 9.49. The Morgan fingerprint density at radius 2 is 2.13 bits per heavy atom. The van der Waals surface area contributed by atoms with Crippen molar-refractivity contribution in [2.45, 2.75) is 20.4 Å². The van der Waals surface area contributed by atoms with Crippen LogP contribution in [0.4, 0.5) is 5.95 Å². The first-order valence-corrected chi connectivity index (χ1v) is 5.24. The molecule has 0 aromatic carbocycles. The van der Waals surface area contributed by atoms with Gasteiger partial charge in [-0.05, 0) is 18.1 Å². The summed E-state index contributed by atoms with van der Waals surface area (Å²) in [5.74, 6) is 0.985. The highest BCUT2D eigenvalue weighted by Gasteiger charge is 2.10. The van der Waals surface area contributed by atoms with Gasteiger partial charge in [0.15, 0.2) is 5.65 Å². The van der Waals surface area contributed by atoms with E-state index in [2.05, 4.69) is 23.8 Å². The van der Waals surface area contributed by atoms with Gasteiger partial charge in [0.2, 0.25) is 5.95 Å². The van der Waals surface area contributed by atoms with E-state index in [-0.39, 0.29) is 0 Å². The molecule has 2 N–H and O–H groups in total. The Labute approximate surface area is 93.1 Å². The minimum absolute atomic E-state index is 0.465. The highest BCUT2D eigenvalue weighted by Crippen LogP contribution is 2.19. The number of halogens is 1. The van der Waals surface area contributed by atoms with Gasteiger partial charge < -0.3 is 5.73 Å². The standard InChI is InChI=1S/C10H13ClN4/c1-6(2)5-15-9-7(13-10(15)12)3-4-8(11)14-9/h3-4,6H,5H2,1-2H3,(H2,12,13). The average molecular weight is 225 g/mol. The summed E-state index contributed by atoms with van der Waals surface area (Å²) in [6, 6.07) is 3.55. The number of aromatic nitrogens is 3. The van der Waals surface area contributed by atoms with E-state index in [0.717, 1.165) is 17.7 Å². The molecular weight excluding hydrogens is 212 g/mol. The molecule has 0 spiro atoms. The van der Waals surface area contributed by atoms with Gasteiger partial charge in [-0.15, -0.1) is 0 Å². The minimum atomic E-state index is 0.465. The van der Waals surface area contributed by atoms with Crippen molar-refractivity contribution in [3.05, 3.63) is 17.3 Å². The third-order valence-electron chi connectivity index (χ3n) is 2.14. The third kappa shape index (κ3) is 1.90. The summed E-state index contributed by atoms with van der Waals surface area (Å²) >= 11 is 5.84. The Kier molecular flexibility index (Phi) is 2.52. The highest BCUT2D eigenvalue weighted by atomic mass is 35.5. The topological polar surface area (TPSA) is 56.7 Å². The quantitative estimate of drug-likeness (QED) is 0.797. The number of imidazole rings is 1. The van der Waals surface area contributed by atoms with Crippen molar-refractivity contribution in [1.29, 1.82) is 0 Å². The van der Waals surface area contributed by atoms with Gasteiger partial charge in [0, 0.05) is 6.54 Å². The summed E-state index contributed by atoms with van der Waals surface area (Å²) in [4.78, 5) is 8.46. The summed E-state index contributed by atoms with van der Waals surface area (Å²) < 4.78 is 1.89. The molecule has 2 heterocycles. The number of nitrogen functional groups attached to an aromatic ring is 1. The van der Waals surface area contributed by atoms with E-state index in [1.165, 1.54) is 0 Å². The van der Waals surface area contributed by atoms with E-state index in [1.807, 2.05) is 10.6 Å². The molecule has 0 atom stereocenters. The van der Waals surface area contributed by atoms with Crippen LogP contribution in [0.3, 0.4) is 0 Å². The van der Waals surface area contributed by atoms with Crippen molar-refractivity contribution in [2.24, 2.45) is 5.92 Å². The van der Waals surface area contributed by atoms with E-state index in [0.29, 0.717) is 17.0 Å². The van der Waals surface area contributed by atoms with Crippen LogP contribution in [0.25, 0.3) is 11.2 Å². The van der Waals surface area contributed by atoms with E-state index >= 15 is 0 Å². The molecule has 2 aromatic rings. The summed E-state index contributed by atoms with van der Waals surface area (Å²) in [7, 11) is 0. The van der Waals surface area contributed by atoms with Crippen molar-refractivity contribution >= 4 is 28.7 Å². The molecule has 0 saturated carbocycles. The Balaban J connectivity index is 2.60. The maximum absolute atomic E-state index is 5.84. The maximum atomic E-state index is 5.84. The van der Waals surface area contributed by atoms with E-state index < -0.39 is 0 Å². The lowest BCUT2D eigenvalue weighted by Crippen LogP contribution is -2.08. The Morgan fingerprint density at radius 1 is 1.40 bits per heavy atom. The molecular formula is C10H13ClN4. The van der Waals surface area contributed by atoms with E-state index in [4.69, 9.17) is 17.3 Å². The van der Waals surface area contributed by atoms with Crippen LogP contribution in [0.2, 0.25) is 5.15 Å². The zero-order valence-electron chi connectivity index (χ0n) is 8.74. The summed E-state index contributed by atoms with van der Waals surface area (Å²) in [6.07, 6.45) is 0. The number of anilines is 1. The van der Waals surface area contributed by atoms with Gasteiger partial charge in [-0.25, -0.2) is 9.97 Å². The molecule has 5 heteroatoms. The van der Waals surface area contributed by atoms with Crippen LogP contribution < -0.4 is 5.73 Å². The van der Waals surface area contributed by atoms with Crippen molar-refractivity contribution in [1.82, 2.24) is 14.5 Å². The summed E-state index contributed by atoms with van der Waals surface area (Å²) in [6.45, 7) is 5.04. The Bertz CT molecular complexity index is 489. The molecule has 15 heavy (non-hydrogen) atoms. The second kappa shape index (κ2) is 3.70. The van der Waals surface area contributed by atoms with Crippen LogP contribution in [0.5, 0.6) is 0 Å². The predicted octanol–water partition coefficient (Wildman–Crippen LogP) is 2.32. The molecule has 80 valence electrons. The molecule has 0 fully saturated rings. The molecule has 4 nitrogen and oxygen atoms in total. The van der Waals surface area contributed by atoms with Crippen molar-refractivity contribution in [3.63, 3.8) is 0 Å². The summed E-state index contributed by atoms with van der Waals surface area (Å²) in [5.41, 5.74) is 7.37. The molecule has 0 unspecified atom stereocenters. The van der Waals surface area contributed by atoms with Gasteiger partial charge in [-0.2, -0.15) is 0 Å². The number of nitrogens with zero attached hydrogens (tertiary/aromatic N) is 3. The van der Waals surface area contributed by atoms with Crippen molar-refractivity contribution < 1.29 is 0 Å². The van der Waals surface area contributed by atoms with Gasteiger partial charge in [-0.1, -0.05) is 25.4 Å². The van der Waals surface area contributed by atoms with Crippen LogP contribution in [0.1, 0.15) is 13.8 Å². The smallest absolute Gasteiger partial charge is 0.202 e. The second-order valence-corrected chi connectivity index (χ2v) is 4.34. The average Bonchev–Trinajstić information content (AvgIpc) is 2.43. The normalized spacial score (nSPS) is 11.5. The lowest BCUT2D eigenvalue weighted by atomic mass is 10.2. The number of fused-ring (bicyclic) bond motifs is 1. The zero-order chi connectivity index (χ0) is 11.0. The summed E-state index contributed by atoms with van der Waals surface area (Å²) in [5, 5.41) is 0.465. The molecule has 0 saturated heterocycles. The Morgan fingerprint density at radius 3 is 2.80 bits per heavy atom. The first-order chi connectivity index (χ1) is 7.08. The van der Waals surface area contributed by atoms with Gasteiger partial charge in [0.25, 0.3) is 0 Å². The first kappa shape index (κ1) is 10.2. The van der Waals surface area contributed by atoms with Gasteiger partial charge in [-0.3, -0.25) is 4.57 Å². The molecule has 0 aliphatic heterocycles. The van der Waals surface area contributed by atoms with E-state index in [1.54, 1.807) is 6.07 Å². The molecule has 0 bridgehead atoms. The highest BCUT2D eigenvalue weighted by molar-refractivity contribution is 6.29. The molecule has 0 aliphatic rings. The molecule has 2 aromatic heterocycles. The van der Waals surface area contributed by atoms with Crippen LogP contribution in [0.15, 0.2) is 12.1 Å². The molecule has 0 amide bonds. The number of hydrogen-bond donors (Lipinski definition) is 1. The van der Waals surface area contributed by atoms with Crippen LogP contribution in [-0.2, 0) is 6.54 Å². The fourth-order valence-electron chi connectivity index (χ4n) is 1.54. The predicted molar refractivity (Wildman–Crippen MR) is 61.8 cm³/mol. The van der Waals surface area contributed by atoms with E-state index in [9.17, 15) is 0 Å². The lowest BCUT2D eigenvalue weighted by molar-refractivity contribution is 0.535. The maximum Gasteiger partial charge on any atom is 0.202 e. The lowest BCUT2D eigenvalue weighted by Gasteiger charge is -2.08. The van der Waals surface area contributed by atoms with Crippen LogP contribution >= 0.6 is 11.6 Å². The number of hydrogen-bond acceptors (Lipinski definition) is 3. The Hall–Kier alpha value is -1.29. The first-order valence-electron chi connectivity index (χ1n) is 4.86. The monoisotopic (exact) mass is 224 g/mol. The largest absolute Gasteiger partial charge is 0.369 e. The number of rotatable bonds is 2. The molecule has 0 aliphatic carbocycles. The number of pyridine rings is 1. The minimum Gasteiger partial charge on any atom is -0.369 e. The van der Waals surface area contributed by atoms with Crippen molar-refractivity contribution in [2.75, 3.05) is 5.73 Å². The molecule has 2 rings (SSSR count). The fraction of sp³-hybridized carbons (Fsp3) is 0.400. The SMILES string of the molecule is CC(C)Cn1c(N)nc2ccc(Cl)nc21. The number of nitrogens with two attached hydrogens (primary N) is 1. The van der Waals surface area contributed by atoms with Gasteiger partial charge in [0.05, 0.1) is 0 Å². The fourth-order valence-corrected chi connectivity index (χ4v) is 1.68. The van der Waals surface area contributed by atoms with Gasteiger partial charge in [0.1, 0.15) is 10.7 Å². The molecule has 0 radical (unpaired) electrons.